The summed E-state index contributed by atoms with van der Waals surface area (Å²) in [5.41, 5.74) is 4.35. The second-order valence-electron chi connectivity index (χ2n) is 3.38. The Morgan fingerprint density at radius 2 is 1.92 bits per heavy atom. The molecule has 1 nitrogen and oxygen atoms in total. The molecule has 1 aromatic heterocycles. The molecule has 1 heterocycles. The van der Waals surface area contributed by atoms with Gasteiger partial charge in [0.2, 0.25) is 0 Å². The molecule has 0 fully saturated rings. The minimum absolute atomic E-state index is 0.879. The Balaban J connectivity index is 3.30. The van der Waals surface area contributed by atoms with Crippen LogP contribution in [0, 0.1) is 0 Å². The summed E-state index contributed by atoms with van der Waals surface area (Å²) in [4.78, 5) is 0. The van der Waals surface area contributed by atoms with E-state index in [1.165, 1.54) is 5.56 Å². The van der Waals surface area contributed by atoms with Crippen LogP contribution < -0.4 is 0 Å². The molecule has 70 valence electrons. The molecule has 1 aromatic rings. The highest BCUT2D eigenvalue weighted by atomic mass is 16.3. The van der Waals surface area contributed by atoms with Crippen molar-refractivity contribution < 1.29 is 4.42 Å². The molecule has 0 aromatic carbocycles. The lowest BCUT2D eigenvalue weighted by Gasteiger charge is -2.02. The van der Waals surface area contributed by atoms with Gasteiger partial charge in [0.1, 0.15) is 5.76 Å². The zero-order valence-corrected chi connectivity index (χ0v) is 8.61. The van der Waals surface area contributed by atoms with E-state index < -0.39 is 0 Å². The van der Waals surface area contributed by atoms with Gasteiger partial charge in [-0.15, -0.1) is 0 Å². The molecule has 0 spiro atoms. The molecule has 0 aliphatic carbocycles. The maximum atomic E-state index is 5.45. The minimum atomic E-state index is 0.879. The van der Waals surface area contributed by atoms with Gasteiger partial charge < -0.3 is 4.42 Å². The van der Waals surface area contributed by atoms with Crippen molar-refractivity contribution in [1.82, 2.24) is 0 Å². The highest BCUT2D eigenvalue weighted by Crippen LogP contribution is 2.28. The highest BCUT2D eigenvalue weighted by Gasteiger charge is 2.12. The fourth-order valence-corrected chi connectivity index (χ4v) is 1.44. The molecule has 0 aliphatic heterocycles. The maximum Gasteiger partial charge on any atom is 0.136 e. The van der Waals surface area contributed by atoms with Crippen LogP contribution in [0.25, 0.3) is 11.1 Å². The van der Waals surface area contributed by atoms with Crippen molar-refractivity contribution in [2.45, 2.75) is 27.2 Å². The zero-order chi connectivity index (χ0) is 10.0. The number of aryl methyl sites for hydroxylation is 1. The smallest absolute Gasteiger partial charge is 0.136 e. The molecule has 0 saturated heterocycles. The first-order valence-electron chi connectivity index (χ1n) is 4.50. The van der Waals surface area contributed by atoms with Crippen LogP contribution in [-0.4, -0.2) is 0 Å². The molecule has 0 amide bonds. The van der Waals surface area contributed by atoms with Crippen LogP contribution in [-0.2, 0) is 6.42 Å². The average molecular weight is 176 g/mol. The monoisotopic (exact) mass is 176 g/mol. The number of hydrogen-bond acceptors (Lipinski definition) is 1. The molecule has 0 saturated carbocycles. The third kappa shape index (κ3) is 1.74. The van der Waals surface area contributed by atoms with Gasteiger partial charge in [-0.05, 0) is 37.0 Å². The van der Waals surface area contributed by atoms with E-state index in [-0.39, 0.29) is 0 Å². The first kappa shape index (κ1) is 9.85. The third-order valence-electron chi connectivity index (χ3n) is 2.06. The molecule has 0 aliphatic rings. The Morgan fingerprint density at radius 1 is 1.31 bits per heavy atom. The number of furan rings is 1. The van der Waals surface area contributed by atoms with Crippen LogP contribution in [0.1, 0.15) is 37.7 Å². The van der Waals surface area contributed by atoms with Crippen molar-refractivity contribution in [2.24, 2.45) is 0 Å². The van der Waals surface area contributed by atoms with Gasteiger partial charge in [-0.25, -0.2) is 0 Å². The molecule has 0 bridgehead atoms. The Hall–Kier alpha value is -1.24. The standard InChI is InChI=1S/C12H16O/c1-6-10-7-13-12(9(4)5)11(10)8(2)3/h7H,2,4,6H2,1,3,5H3. The summed E-state index contributed by atoms with van der Waals surface area (Å²) < 4.78 is 5.45. The van der Waals surface area contributed by atoms with Crippen molar-refractivity contribution in [3.63, 3.8) is 0 Å². The predicted octanol–water partition coefficient (Wildman–Crippen LogP) is 3.91. The Morgan fingerprint density at radius 3 is 2.31 bits per heavy atom. The van der Waals surface area contributed by atoms with Gasteiger partial charge in [0.05, 0.1) is 6.26 Å². The molecule has 1 rings (SSSR count). The summed E-state index contributed by atoms with van der Waals surface area (Å²) in [6.45, 7) is 13.9. The van der Waals surface area contributed by atoms with Crippen molar-refractivity contribution >= 4 is 11.1 Å². The molecular weight excluding hydrogens is 160 g/mol. The summed E-state index contributed by atoms with van der Waals surface area (Å²) in [6.07, 6.45) is 2.77. The van der Waals surface area contributed by atoms with E-state index in [0.29, 0.717) is 0 Å². The second-order valence-corrected chi connectivity index (χ2v) is 3.38. The van der Waals surface area contributed by atoms with Crippen LogP contribution in [0.2, 0.25) is 0 Å². The Labute approximate surface area is 79.8 Å². The second kappa shape index (κ2) is 3.65. The SMILES string of the molecule is C=C(C)c1occ(CC)c1C(=C)C. The molecular formula is C12H16O. The molecule has 0 atom stereocenters. The van der Waals surface area contributed by atoms with Crippen LogP contribution in [0.3, 0.4) is 0 Å². The van der Waals surface area contributed by atoms with Gasteiger partial charge in [-0.3, -0.25) is 0 Å². The zero-order valence-electron chi connectivity index (χ0n) is 8.61. The Kier molecular flexibility index (Phi) is 2.76. The molecule has 13 heavy (non-hydrogen) atoms. The van der Waals surface area contributed by atoms with Crippen molar-refractivity contribution in [2.75, 3.05) is 0 Å². The van der Waals surface area contributed by atoms with E-state index in [1.807, 2.05) is 13.8 Å². The first-order valence-corrected chi connectivity index (χ1v) is 4.50. The van der Waals surface area contributed by atoms with Crippen LogP contribution in [0.15, 0.2) is 23.8 Å². The van der Waals surface area contributed by atoms with Gasteiger partial charge >= 0.3 is 0 Å². The normalized spacial score (nSPS) is 10.1. The third-order valence-corrected chi connectivity index (χ3v) is 2.06. The summed E-state index contributed by atoms with van der Waals surface area (Å²) in [5, 5.41) is 0. The lowest BCUT2D eigenvalue weighted by atomic mass is 10.0. The van der Waals surface area contributed by atoms with E-state index >= 15 is 0 Å². The van der Waals surface area contributed by atoms with Gasteiger partial charge in [-0.2, -0.15) is 0 Å². The Bertz CT molecular complexity index is 342. The van der Waals surface area contributed by atoms with Crippen molar-refractivity contribution in [1.29, 1.82) is 0 Å². The highest BCUT2D eigenvalue weighted by molar-refractivity contribution is 5.75. The quantitative estimate of drug-likeness (QED) is 0.680. The van der Waals surface area contributed by atoms with Crippen LogP contribution in [0.5, 0.6) is 0 Å². The largest absolute Gasteiger partial charge is 0.464 e. The van der Waals surface area contributed by atoms with Crippen molar-refractivity contribution in [3.05, 3.63) is 36.3 Å². The molecule has 1 heteroatoms. The summed E-state index contributed by atoms with van der Waals surface area (Å²) in [5.74, 6) is 0.879. The summed E-state index contributed by atoms with van der Waals surface area (Å²) >= 11 is 0. The van der Waals surface area contributed by atoms with Crippen LogP contribution >= 0.6 is 0 Å². The maximum absolute atomic E-state index is 5.45. The fraction of sp³-hybridized carbons (Fsp3) is 0.333. The molecule has 0 unspecified atom stereocenters. The number of rotatable bonds is 3. The van der Waals surface area contributed by atoms with E-state index in [0.717, 1.165) is 28.9 Å². The van der Waals surface area contributed by atoms with E-state index in [9.17, 15) is 0 Å². The molecule has 0 radical (unpaired) electrons. The minimum Gasteiger partial charge on any atom is -0.464 e. The summed E-state index contributed by atoms with van der Waals surface area (Å²) in [7, 11) is 0. The van der Waals surface area contributed by atoms with Gasteiger partial charge in [-0.1, -0.05) is 20.1 Å². The first-order chi connectivity index (χ1) is 6.07. The summed E-state index contributed by atoms with van der Waals surface area (Å²) in [6, 6.07) is 0. The number of allylic oxidation sites excluding steroid dienone is 2. The van der Waals surface area contributed by atoms with E-state index in [2.05, 4.69) is 20.1 Å². The van der Waals surface area contributed by atoms with Gasteiger partial charge in [0, 0.05) is 5.56 Å². The lowest BCUT2D eigenvalue weighted by molar-refractivity contribution is 0.549. The fourth-order valence-electron chi connectivity index (χ4n) is 1.44. The van der Waals surface area contributed by atoms with Crippen molar-refractivity contribution in [3.8, 4) is 0 Å². The van der Waals surface area contributed by atoms with E-state index in [4.69, 9.17) is 4.42 Å². The lowest BCUT2D eigenvalue weighted by Crippen LogP contribution is -1.87. The topological polar surface area (TPSA) is 13.1 Å². The van der Waals surface area contributed by atoms with E-state index in [1.54, 1.807) is 6.26 Å². The van der Waals surface area contributed by atoms with Gasteiger partial charge in [0.25, 0.3) is 0 Å². The number of hydrogen-bond donors (Lipinski definition) is 0. The predicted molar refractivity (Wildman–Crippen MR) is 57.5 cm³/mol. The van der Waals surface area contributed by atoms with Crippen LogP contribution in [0.4, 0.5) is 0 Å². The average Bonchev–Trinajstić information content (AvgIpc) is 2.46. The molecule has 0 N–H and O–H groups in total. The van der Waals surface area contributed by atoms with Gasteiger partial charge in [0.15, 0.2) is 0 Å².